The lowest BCUT2D eigenvalue weighted by Crippen LogP contribution is -2.30. The molecule has 1 N–H and O–H groups in total. The molecule has 3 amide bonds. The largest absolute Gasteiger partial charge is 0.416 e. The summed E-state index contributed by atoms with van der Waals surface area (Å²) in [6.45, 7) is 0. The predicted molar refractivity (Wildman–Crippen MR) is 86.9 cm³/mol. The van der Waals surface area contributed by atoms with Crippen LogP contribution in [0.5, 0.6) is 0 Å². The Kier molecular flexibility index (Phi) is 4.26. The molecular formula is C17H10ClF3N2O2. The van der Waals surface area contributed by atoms with Crippen LogP contribution >= 0.6 is 11.6 Å². The van der Waals surface area contributed by atoms with Gasteiger partial charge in [0.15, 0.2) is 0 Å². The molecule has 0 saturated carbocycles. The molecule has 8 heteroatoms. The molecule has 1 aliphatic heterocycles. The van der Waals surface area contributed by atoms with Crippen LogP contribution in [0.3, 0.4) is 0 Å². The molecule has 3 rings (SSSR count). The fourth-order valence-electron chi connectivity index (χ4n) is 2.36. The summed E-state index contributed by atoms with van der Waals surface area (Å²) < 4.78 is 38.3. The maximum atomic E-state index is 12.8. The molecule has 0 bridgehead atoms. The van der Waals surface area contributed by atoms with Crippen LogP contribution in [0.25, 0.3) is 6.08 Å². The van der Waals surface area contributed by atoms with Gasteiger partial charge in [-0.2, -0.15) is 13.2 Å². The van der Waals surface area contributed by atoms with Gasteiger partial charge in [0.1, 0.15) is 5.70 Å². The SMILES string of the molecule is O=C1N/C(=C\c2cccc(C(F)(F)F)c2)C(=O)N1c1cccc(Cl)c1. The van der Waals surface area contributed by atoms with E-state index in [1.165, 1.54) is 30.3 Å². The summed E-state index contributed by atoms with van der Waals surface area (Å²) in [5, 5.41) is 2.69. The minimum Gasteiger partial charge on any atom is -0.302 e. The van der Waals surface area contributed by atoms with Gasteiger partial charge in [0.05, 0.1) is 11.3 Å². The first-order chi connectivity index (χ1) is 11.8. The summed E-state index contributed by atoms with van der Waals surface area (Å²) in [6, 6.07) is 9.88. The minimum atomic E-state index is -4.50. The Morgan fingerprint density at radius 3 is 2.44 bits per heavy atom. The first-order valence-corrected chi connectivity index (χ1v) is 7.43. The van der Waals surface area contributed by atoms with Crippen LogP contribution in [-0.4, -0.2) is 11.9 Å². The monoisotopic (exact) mass is 366 g/mol. The number of hydrogen-bond acceptors (Lipinski definition) is 2. The van der Waals surface area contributed by atoms with E-state index in [0.717, 1.165) is 17.0 Å². The van der Waals surface area contributed by atoms with Crippen molar-refractivity contribution < 1.29 is 22.8 Å². The molecule has 0 spiro atoms. The van der Waals surface area contributed by atoms with E-state index in [4.69, 9.17) is 11.6 Å². The van der Waals surface area contributed by atoms with Gasteiger partial charge in [0.25, 0.3) is 5.91 Å². The minimum absolute atomic E-state index is 0.121. The quantitative estimate of drug-likeness (QED) is 0.630. The second-order valence-corrected chi connectivity index (χ2v) is 5.67. The van der Waals surface area contributed by atoms with Crippen LogP contribution in [0.2, 0.25) is 5.02 Å². The number of amides is 3. The van der Waals surface area contributed by atoms with Gasteiger partial charge in [-0.05, 0) is 42.0 Å². The molecule has 0 aliphatic carbocycles. The third kappa shape index (κ3) is 3.51. The molecule has 4 nitrogen and oxygen atoms in total. The average Bonchev–Trinajstić information content (AvgIpc) is 2.81. The maximum absolute atomic E-state index is 12.8. The van der Waals surface area contributed by atoms with Crippen molar-refractivity contribution in [3.8, 4) is 0 Å². The van der Waals surface area contributed by atoms with Gasteiger partial charge in [-0.1, -0.05) is 29.8 Å². The number of halogens is 4. The molecule has 2 aromatic carbocycles. The summed E-state index contributed by atoms with van der Waals surface area (Å²) in [4.78, 5) is 25.3. The highest BCUT2D eigenvalue weighted by Crippen LogP contribution is 2.30. The van der Waals surface area contributed by atoms with Crippen molar-refractivity contribution in [3.05, 3.63) is 70.4 Å². The normalized spacial score (nSPS) is 16.5. The van der Waals surface area contributed by atoms with Crippen molar-refractivity contribution in [3.63, 3.8) is 0 Å². The van der Waals surface area contributed by atoms with Crippen molar-refractivity contribution in [2.45, 2.75) is 6.18 Å². The average molecular weight is 367 g/mol. The Bertz CT molecular complexity index is 893. The highest BCUT2D eigenvalue weighted by atomic mass is 35.5. The zero-order valence-corrected chi connectivity index (χ0v) is 13.2. The van der Waals surface area contributed by atoms with E-state index in [1.807, 2.05) is 0 Å². The van der Waals surface area contributed by atoms with Crippen LogP contribution in [0.1, 0.15) is 11.1 Å². The van der Waals surface area contributed by atoms with E-state index in [1.54, 1.807) is 12.1 Å². The maximum Gasteiger partial charge on any atom is 0.416 e. The van der Waals surface area contributed by atoms with Crippen LogP contribution in [0.4, 0.5) is 23.7 Å². The van der Waals surface area contributed by atoms with E-state index >= 15 is 0 Å². The van der Waals surface area contributed by atoms with Crippen LogP contribution in [0.15, 0.2) is 54.2 Å². The summed E-state index contributed by atoms with van der Waals surface area (Å²) >= 11 is 5.85. The fraction of sp³-hybridized carbons (Fsp3) is 0.0588. The Labute approximate surface area is 145 Å². The number of hydrogen-bond donors (Lipinski definition) is 1. The lowest BCUT2D eigenvalue weighted by molar-refractivity contribution is -0.137. The number of nitrogens with one attached hydrogen (secondary N) is 1. The molecule has 1 heterocycles. The molecule has 1 saturated heterocycles. The number of rotatable bonds is 2. The lowest BCUT2D eigenvalue weighted by Gasteiger charge is -2.11. The van der Waals surface area contributed by atoms with Gasteiger partial charge in [-0.3, -0.25) is 4.79 Å². The number of alkyl halides is 3. The Hall–Kier alpha value is -2.80. The van der Waals surface area contributed by atoms with E-state index in [2.05, 4.69) is 5.32 Å². The summed E-state index contributed by atoms with van der Waals surface area (Å²) in [5.41, 5.74) is -0.552. The lowest BCUT2D eigenvalue weighted by atomic mass is 10.1. The fourth-order valence-corrected chi connectivity index (χ4v) is 2.54. The Morgan fingerprint density at radius 1 is 1.04 bits per heavy atom. The van der Waals surface area contributed by atoms with Crippen LogP contribution in [-0.2, 0) is 11.0 Å². The summed E-state index contributed by atoms with van der Waals surface area (Å²) in [7, 11) is 0. The number of benzene rings is 2. The molecule has 0 unspecified atom stereocenters. The molecule has 0 aromatic heterocycles. The zero-order chi connectivity index (χ0) is 18.2. The molecule has 0 radical (unpaired) electrons. The molecule has 0 atom stereocenters. The second-order valence-electron chi connectivity index (χ2n) is 5.23. The number of imide groups is 1. The zero-order valence-electron chi connectivity index (χ0n) is 12.5. The van der Waals surface area contributed by atoms with Crippen molar-refractivity contribution in [1.29, 1.82) is 0 Å². The van der Waals surface area contributed by atoms with Gasteiger partial charge < -0.3 is 5.32 Å². The summed E-state index contributed by atoms with van der Waals surface area (Å²) in [6.07, 6.45) is -3.30. The van der Waals surface area contributed by atoms with E-state index in [9.17, 15) is 22.8 Å². The smallest absolute Gasteiger partial charge is 0.302 e. The first-order valence-electron chi connectivity index (χ1n) is 7.06. The third-order valence-corrected chi connectivity index (χ3v) is 3.70. The van der Waals surface area contributed by atoms with E-state index < -0.39 is 23.7 Å². The van der Waals surface area contributed by atoms with E-state index in [-0.39, 0.29) is 16.9 Å². The standard InChI is InChI=1S/C17H10ClF3N2O2/c18-12-5-2-6-13(9-12)23-15(24)14(22-16(23)25)8-10-3-1-4-11(7-10)17(19,20)21/h1-9H,(H,22,25)/b14-8-. The molecule has 25 heavy (non-hydrogen) atoms. The van der Waals surface area contributed by atoms with Crippen LogP contribution in [0, 0.1) is 0 Å². The van der Waals surface area contributed by atoms with Gasteiger partial charge in [-0.15, -0.1) is 0 Å². The van der Waals surface area contributed by atoms with Gasteiger partial charge in [0.2, 0.25) is 0 Å². The summed E-state index contributed by atoms with van der Waals surface area (Å²) in [5.74, 6) is -0.676. The Morgan fingerprint density at radius 2 is 1.76 bits per heavy atom. The Balaban J connectivity index is 1.93. The van der Waals surface area contributed by atoms with E-state index in [0.29, 0.717) is 5.02 Å². The number of nitrogens with zero attached hydrogens (tertiary/aromatic N) is 1. The number of carbonyl (C=O) groups is 2. The highest BCUT2D eigenvalue weighted by molar-refractivity contribution is 6.32. The highest BCUT2D eigenvalue weighted by Gasteiger charge is 2.35. The second kappa shape index (κ2) is 6.25. The van der Waals surface area contributed by atoms with Crippen molar-refractivity contribution >= 4 is 35.3 Å². The molecule has 1 aliphatic rings. The number of urea groups is 1. The van der Waals surface area contributed by atoms with Gasteiger partial charge in [-0.25, -0.2) is 9.69 Å². The van der Waals surface area contributed by atoms with Crippen molar-refractivity contribution in [1.82, 2.24) is 5.32 Å². The molecule has 1 fully saturated rings. The number of anilines is 1. The predicted octanol–water partition coefficient (Wildman–Crippen LogP) is 4.46. The first kappa shape index (κ1) is 17.0. The van der Waals surface area contributed by atoms with Gasteiger partial charge >= 0.3 is 12.2 Å². The van der Waals surface area contributed by atoms with Crippen molar-refractivity contribution in [2.24, 2.45) is 0 Å². The van der Waals surface area contributed by atoms with Crippen molar-refractivity contribution in [2.75, 3.05) is 4.90 Å². The van der Waals surface area contributed by atoms with Crippen LogP contribution < -0.4 is 10.2 Å². The van der Waals surface area contributed by atoms with Gasteiger partial charge in [0, 0.05) is 5.02 Å². The molecule has 128 valence electrons. The third-order valence-electron chi connectivity index (χ3n) is 3.47. The topological polar surface area (TPSA) is 49.4 Å². The molecular weight excluding hydrogens is 357 g/mol. The molecule has 2 aromatic rings. The number of carbonyl (C=O) groups excluding carboxylic acids is 2.